The molecular formula is C10H10BrNO3. The lowest BCUT2D eigenvalue weighted by atomic mass is 10.2. The van der Waals surface area contributed by atoms with Gasteiger partial charge in [-0.05, 0) is 34.5 Å². The Morgan fingerprint density at radius 3 is 2.93 bits per heavy atom. The van der Waals surface area contributed by atoms with Crippen LogP contribution in [-0.2, 0) is 4.74 Å². The van der Waals surface area contributed by atoms with Gasteiger partial charge in [0.05, 0.1) is 18.8 Å². The molecule has 2 aliphatic rings. The summed E-state index contributed by atoms with van der Waals surface area (Å²) in [6.45, 7) is 1.36. The van der Waals surface area contributed by atoms with E-state index in [-0.39, 0.29) is 18.1 Å². The summed E-state index contributed by atoms with van der Waals surface area (Å²) in [5, 5.41) is 0. The topological polar surface area (TPSA) is 42.7 Å². The molecule has 3 heterocycles. The predicted octanol–water partition coefficient (Wildman–Crippen LogP) is 1.66. The van der Waals surface area contributed by atoms with Gasteiger partial charge in [-0.1, -0.05) is 0 Å². The molecule has 0 N–H and O–H groups in total. The maximum atomic E-state index is 12.0. The minimum atomic E-state index is -0.0310. The molecule has 1 aromatic rings. The van der Waals surface area contributed by atoms with Gasteiger partial charge >= 0.3 is 0 Å². The van der Waals surface area contributed by atoms with Crippen LogP contribution >= 0.6 is 15.9 Å². The first kappa shape index (κ1) is 9.42. The van der Waals surface area contributed by atoms with Gasteiger partial charge in [0.25, 0.3) is 5.91 Å². The second-order valence-corrected chi connectivity index (χ2v) is 4.69. The summed E-state index contributed by atoms with van der Waals surface area (Å²) >= 11 is 3.19. The van der Waals surface area contributed by atoms with Crippen LogP contribution in [0.1, 0.15) is 17.0 Å². The number of fused-ring (bicyclic) bond motifs is 2. The highest BCUT2D eigenvalue weighted by atomic mass is 79.9. The minimum Gasteiger partial charge on any atom is -0.444 e. The van der Waals surface area contributed by atoms with Crippen molar-refractivity contribution in [1.82, 2.24) is 4.90 Å². The van der Waals surface area contributed by atoms with Crippen molar-refractivity contribution in [2.45, 2.75) is 18.6 Å². The van der Waals surface area contributed by atoms with Crippen molar-refractivity contribution in [3.63, 3.8) is 0 Å². The molecule has 2 aliphatic heterocycles. The van der Waals surface area contributed by atoms with E-state index in [0.717, 1.165) is 6.42 Å². The van der Waals surface area contributed by atoms with Gasteiger partial charge in [-0.2, -0.15) is 0 Å². The van der Waals surface area contributed by atoms with Crippen molar-refractivity contribution >= 4 is 21.8 Å². The summed E-state index contributed by atoms with van der Waals surface area (Å²) in [6.07, 6.45) is 1.20. The van der Waals surface area contributed by atoms with E-state index < -0.39 is 0 Å². The molecule has 0 unspecified atom stereocenters. The lowest BCUT2D eigenvalue weighted by molar-refractivity contribution is 0.0240. The third-order valence-electron chi connectivity index (χ3n) is 2.95. The molecule has 1 amide bonds. The van der Waals surface area contributed by atoms with Crippen LogP contribution in [0.5, 0.6) is 0 Å². The Bertz CT molecular complexity index is 403. The Hall–Kier alpha value is -0.810. The van der Waals surface area contributed by atoms with Crippen molar-refractivity contribution in [2.24, 2.45) is 0 Å². The molecule has 0 aliphatic carbocycles. The number of carbonyl (C=O) groups excluding carboxylic acids is 1. The molecule has 4 nitrogen and oxygen atoms in total. The van der Waals surface area contributed by atoms with Crippen molar-refractivity contribution in [1.29, 1.82) is 0 Å². The highest BCUT2D eigenvalue weighted by Gasteiger charge is 2.42. The summed E-state index contributed by atoms with van der Waals surface area (Å²) in [5.41, 5.74) is 0. The summed E-state index contributed by atoms with van der Waals surface area (Å²) in [7, 11) is 0. The monoisotopic (exact) mass is 271 g/mol. The summed E-state index contributed by atoms with van der Waals surface area (Å²) in [5.74, 6) is 0.367. The average molecular weight is 272 g/mol. The maximum Gasteiger partial charge on any atom is 0.290 e. The fraction of sp³-hybridized carbons (Fsp3) is 0.500. The van der Waals surface area contributed by atoms with Crippen molar-refractivity contribution in [3.8, 4) is 0 Å². The molecule has 5 heteroatoms. The average Bonchev–Trinajstić information content (AvgIpc) is 2.90. The Morgan fingerprint density at radius 1 is 1.53 bits per heavy atom. The van der Waals surface area contributed by atoms with Crippen molar-refractivity contribution < 1.29 is 13.9 Å². The number of morpholine rings is 1. The Labute approximate surface area is 95.3 Å². The van der Waals surface area contributed by atoms with Gasteiger partial charge in [-0.15, -0.1) is 0 Å². The second kappa shape index (κ2) is 3.35. The maximum absolute atomic E-state index is 12.0. The normalized spacial score (nSPS) is 28.7. The van der Waals surface area contributed by atoms with Crippen LogP contribution < -0.4 is 0 Å². The number of likely N-dealkylation sites (tertiary alicyclic amines) is 1. The van der Waals surface area contributed by atoms with E-state index in [1.807, 2.05) is 4.90 Å². The van der Waals surface area contributed by atoms with Crippen LogP contribution in [0.3, 0.4) is 0 Å². The number of amides is 1. The number of hydrogen-bond acceptors (Lipinski definition) is 3. The number of ether oxygens (including phenoxy) is 1. The summed E-state index contributed by atoms with van der Waals surface area (Å²) in [4.78, 5) is 13.9. The summed E-state index contributed by atoms with van der Waals surface area (Å²) < 4.78 is 11.3. The van der Waals surface area contributed by atoms with Crippen LogP contribution in [0.2, 0.25) is 0 Å². The van der Waals surface area contributed by atoms with Gasteiger partial charge in [-0.3, -0.25) is 4.79 Å². The minimum absolute atomic E-state index is 0.0310. The van der Waals surface area contributed by atoms with E-state index in [1.165, 1.54) is 0 Å². The first-order valence-electron chi connectivity index (χ1n) is 4.92. The highest BCUT2D eigenvalue weighted by Crippen LogP contribution is 2.29. The van der Waals surface area contributed by atoms with Gasteiger partial charge in [0.1, 0.15) is 0 Å². The van der Waals surface area contributed by atoms with Crippen LogP contribution in [0.15, 0.2) is 21.2 Å². The number of rotatable bonds is 1. The molecule has 80 valence electrons. The predicted molar refractivity (Wildman–Crippen MR) is 55.6 cm³/mol. The van der Waals surface area contributed by atoms with E-state index in [2.05, 4.69) is 15.9 Å². The van der Waals surface area contributed by atoms with Gasteiger partial charge in [-0.25, -0.2) is 0 Å². The molecule has 15 heavy (non-hydrogen) atoms. The van der Waals surface area contributed by atoms with Crippen LogP contribution in [0, 0.1) is 0 Å². The molecule has 0 saturated carbocycles. The van der Waals surface area contributed by atoms with Gasteiger partial charge in [0, 0.05) is 6.54 Å². The lowest BCUT2D eigenvalue weighted by Gasteiger charge is -2.25. The van der Waals surface area contributed by atoms with Crippen LogP contribution in [-0.4, -0.2) is 36.1 Å². The van der Waals surface area contributed by atoms with Crippen LogP contribution in [0.4, 0.5) is 0 Å². The zero-order valence-electron chi connectivity index (χ0n) is 7.98. The molecule has 0 spiro atoms. The SMILES string of the molecule is O=C(c1ccc(Br)o1)N1C[C@H]2C[C@H]1CO2. The number of nitrogens with zero attached hydrogens (tertiary/aromatic N) is 1. The molecule has 2 saturated heterocycles. The molecular weight excluding hydrogens is 262 g/mol. The molecule has 2 atom stereocenters. The molecule has 2 bridgehead atoms. The van der Waals surface area contributed by atoms with E-state index in [9.17, 15) is 4.79 Å². The van der Waals surface area contributed by atoms with Gasteiger partial charge in [0.2, 0.25) is 0 Å². The number of hydrogen-bond donors (Lipinski definition) is 0. The van der Waals surface area contributed by atoms with E-state index in [4.69, 9.17) is 9.15 Å². The largest absolute Gasteiger partial charge is 0.444 e. The second-order valence-electron chi connectivity index (χ2n) is 3.91. The summed E-state index contributed by atoms with van der Waals surface area (Å²) in [6, 6.07) is 3.67. The Morgan fingerprint density at radius 2 is 2.40 bits per heavy atom. The smallest absolute Gasteiger partial charge is 0.290 e. The Balaban J connectivity index is 1.81. The highest BCUT2D eigenvalue weighted by molar-refractivity contribution is 9.10. The first-order chi connectivity index (χ1) is 7.24. The van der Waals surface area contributed by atoms with E-state index in [1.54, 1.807) is 12.1 Å². The molecule has 0 aromatic carbocycles. The Kier molecular flexibility index (Phi) is 2.10. The zero-order valence-corrected chi connectivity index (χ0v) is 9.57. The van der Waals surface area contributed by atoms with Gasteiger partial charge in [0.15, 0.2) is 10.4 Å². The molecule has 0 radical (unpaired) electrons. The number of carbonyl (C=O) groups is 1. The molecule has 3 rings (SSSR count). The third-order valence-corrected chi connectivity index (χ3v) is 3.37. The molecule has 1 aromatic heterocycles. The van der Waals surface area contributed by atoms with E-state index >= 15 is 0 Å². The van der Waals surface area contributed by atoms with E-state index in [0.29, 0.717) is 23.6 Å². The number of furan rings is 1. The standard InChI is InChI=1S/C10H10BrNO3/c11-9-2-1-8(15-9)10(13)12-4-7-3-6(12)5-14-7/h1-2,6-7H,3-5H2/t6-,7+/m0/s1. The zero-order chi connectivity index (χ0) is 10.4. The lowest BCUT2D eigenvalue weighted by Crippen LogP contribution is -2.41. The third kappa shape index (κ3) is 1.50. The molecule has 2 fully saturated rings. The first-order valence-corrected chi connectivity index (χ1v) is 5.71. The van der Waals surface area contributed by atoms with Crippen LogP contribution in [0.25, 0.3) is 0 Å². The number of halogens is 1. The fourth-order valence-electron chi connectivity index (χ4n) is 2.22. The van der Waals surface area contributed by atoms with Crippen molar-refractivity contribution in [3.05, 3.63) is 22.6 Å². The van der Waals surface area contributed by atoms with Gasteiger partial charge < -0.3 is 14.1 Å². The fourth-order valence-corrected chi connectivity index (χ4v) is 2.53. The van der Waals surface area contributed by atoms with Crippen molar-refractivity contribution in [2.75, 3.05) is 13.2 Å². The quantitative estimate of drug-likeness (QED) is 0.780.